The van der Waals surface area contributed by atoms with E-state index in [0.29, 0.717) is 34.5 Å². The van der Waals surface area contributed by atoms with Crippen molar-refractivity contribution in [1.29, 1.82) is 0 Å². The third-order valence-corrected chi connectivity index (χ3v) is 6.32. The van der Waals surface area contributed by atoms with Crippen LogP contribution in [0.1, 0.15) is 46.1 Å². The van der Waals surface area contributed by atoms with Crippen molar-refractivity contribution in [3.63, 3.8) is 0 Å². The molecule has 0 N–H and O–H groups in total. The minimum absolute atomic E-state index is 0.00657. The molecule has 1 fully saturated rings. The summed E-state index contributed by atoms with van der Waals surface area (Å²) in [5, 5.41) is 1.26. The Kier molecular flexibility index (Phi) is 6.01. The van der Waals surface area contributed by atoms with Crippen LogP contribution in [0.2, 0.25) is 0 Å². The van der Waals surface area contributed by atoms with Gasteiger partial charge in [0.25, 0.3) is 5.56 Å². The van der Waals surface area contributed by atoms with Crippen molar-refractivity contribution in [1.82, 2.24) is 9.55 Å². The van der Waals surface area contributed by atoms with Crippen LogP contribution < -0.4 is 5.56 Å². The highest BCUT2D eigenvalue weighted by Gasteiger charge is 2.31. The van der Waals surface area contributed by atoms with Gasteiger partial charge in [-0.2, -0.15) is 0 Å². The van der Waals surface area contributed by atoms with Crippen molar-refractivity contribution in [3.05, 3.63) is 34.6 Å². The maximum absolute atomic E-state index is 13.3. The minimum atomic E-state index is -0.281. The normalized spacial score (nSPS) is 23.1. The topological polar surface area (TPSA) is 61.2 Å². The fourth-order valence-electron chi connectivity index (χ4n) is 3.76. The number of ether oxygens (including phenoxy) is 1. The molecule has 0 radical (unpaired) electrons. The van der Waals surface area contributed by atoms with Gasteiger partial charge in [-0.25, -0.2) is 4.98 Å². The third kappa shape index (κ3) is 3.80. The fraction of sp³-hybridized carbons (Fsp3) is 0.550. The molecule has 1 aromatic carbocycles. The molecule has 5 nitrogen and oxygen atoms in total. The van der Waals surface area contributed by atoms with Gasteiger partial charge in [-0.3, -0.25) is 14.2 Å². The molecule has 140 valence electrons. The number of aromatic nitrogens is 2. The largest absolute Gasteiger partial charge is 0.465 e. The first-order valence-electron chi connectivity index (χ1n) is 9.32. The quantitative estimate of drug-likeness (QED) is 0.449. The number of esters is 1. The van der Waals surface area contributed by atoms with E-state index in [1.165, 1.54) is 18.2 Å². The highest BCUT2D eigenvalue weighted by molar-refractivity contribution is 7.99. The molecular formula is C20H26N2O3S. The molecule has 1 saturated carbocycles. The Balaban J connectivity index is 2.05. The molecule has 1 aliphatic carbocycles. The molecule has 0 saturated heterocycles. The van der Waals surface area contributed by atoms with Crippen LogP contribution in [0.4, 0.5) is 0 Å². The molecule has 1 aliphatic rings. The molecule has 0 unspecified atom stereocenters. The van der Waals surface area contributed by atoms with Crippen LogP contribution >= 0.6 is 11.8 Å². The molecule has 6 heteroatoms. The molecule has 1 heterocycles. The maximum Gasteiger partial charge on any atom is 0.316 e. The Morgan fingerprint density at radius 2 is 2.08 bits per heavy atom. The van der Waals surface area contributed by atoms with Crippen molar-refractivity contribution in [3.8, 4) is 0 Å². The lowest BCUT2D eigenvalue weighted by molar-refractivity contribution is -0.139. The first kappa shape index (κ1) is 19.0. The standard InChI is InChI=1S/C20H26N2O3S/c1-4-25-18(23)12-26-20-21-16-10-6-5-9-15(16)19(24)22(20)17-11-7-8-13(2)14(17)3/h5-6,9-10,13-14,17H,4,7-8,11-12H2,1-3H3/t13-,14+,17-/m1/s1. The first-order valence-corrected chi connectivity index (χ1v) is 10.3. The van der Waals surface area contributed by atoms with Crippen LogP contribution in [0.5, 0.6) is 0 Å². The fourth-order valence-corrected chi connectivity index (χ4v) is 4.61. The van der Waals surface area contributed by atoms with E-state index in [4.69, 9.17) is 9.72 Å². The van der Waals surface area contributed by atoms with E-state index in [0.717, 1.165) is 12.8 Å². The number of carbonyl (C=O) groups is 1. The van der Waals surface area contributed by atoms with Gasteiger partial charge in [-0.05, 0) is 37.3 Å². The summed E-state index contributed by atoms with van der Waals surface area (Å²) in [7, 11) is 0. The summed E-state index contributed by atoms with van der Waals surface area (Å²) in [6.07, 6.45) is 3.27. The predicted octanol–water partition coefficient (Wildman–Crippen LogP) is 4.05. The Hall–Kier alpha value is -1.82. The summed E-state index contributed by atoms with van der Waals surface area (Å²) in [5.74, 6) is 0.841. The summed E-state index contributed by atoms with van der Waals surface area (Å²) >= 11 is 1.30. The Bertz CT molecular complexity index is 849. The summed E-state index contributed by atoms with van der Waals surface area (Å²) < 4.78 is 6.87. The van der Waals surface area contributed by atoms with Gasteiger partial charge in [-0.1, -0.05) is 50.6 Å². The molecule has 1 aromatic heterocycles. The van der Waals surface area contributed by atoms with E-state index in [1.807, 2.05) is 28.8 Å². The van der Waals surface area contributed by atoms with Crippen LogP contribution in [0.15, 0.2) is 34.2 Å². The summed E-state index contributed by atoms with van der Waals surface area (Å²) in [6.45, 7) is 6.62. The lowest BCUT2D eigenvalue weighted by Crippen LogP contribution is -2.35. The number of hydrogen-bond donors (Lipinski definition) is 0. The average molecular weight is 375 g/mol. The predicted molar refractivity (Wildman–Crippen MR) is 105 cm³/mol. The lowest BCUT2D eigenvalue weighted by Gasteiger charge is -2.36. The molecule has 3 rings (SSSR count). The van der Waals surface area contributed by atoms with Crippen LogP contribution in [-0.2, 0) is 9.53 Å². The Morgan fingerprint density at radius 3 is 2.85 bits per heavy atom. The Morgan fingerprint density at radius 1 is 1.31 bits per heavy atom. The number of hydrogen-bond acceptors (Lipinski definition) is 5. The van der Waals surface area contributed by atoms with Gasteiger partial charge in [-0.15, -0.1) is 0 Å². The van der Waals surface area contributed by atoms with E-state index in [1.54, 1.807) is 6.92 Å². The second kappa shape index (κ2) is 8.25. The van der Waals surface area contributed by atoms with Crippen molar-refractivity contribution in [2.24, 2.45) is 11.8 Å². The molecule has 3 atom stereocenters. The zero-order chi connectivity index (χ0) is 18.7. The number of fused-ring (bicyclic) bond motifs is 1. The van der Waals surface area contributed by atoms with Crippen LogP contribution in [0.3, 0.4) is 0 Å². The molecule has 0 bridgehead atoms. The molecule has 0 aliphatic heterocycles. The second-order valence-electron chi connectivity index (χ2n) is 7.02. The number of nitrogens with zero attached hydrogens (tertiary/aromatic N) is 2. The van der Waals surface area contributed by atoms with Crippen molar-refractivity contribution in [2.45, 2.75) is 51.2 Å². The van der Waals surface area contributed by atoms with E-state index < -0.39 is 0 Å². The van der Waals surface area contributed by atoms with Crippen molar-refractivity contribution in [2.75, 3.05) is 12.4 Å². The highest BCUT2D eigenvalue weighted by atomic mass is 32.2. The zero-order valence-electron chi connectivity index (χ0n) is 15.6. The maximum atomic E-state index is 13.3. The molecule has 0 spiro atoms. The monoisotopic (exact) mass is 374 g/mol. The van der Waals surface area contributed by atoms with Crippen molar-refractivity contribution >= 4 is 28.6 Å². The van der Waals surface area contributed by atoms with Gasteiger partial charge in [0.2, 0.25) is 0 Å². The number of thioether (sulfide) groups is 1. The summed E-state index contributed by atoms with van der Waals surface area (Å²) in [6, 6.07) is 7.55. The second-order valence-corrected chi connectivity index (χ2v) is 7.96. The van der Waals surface area contributed by atoms with Gasteiger partial charge in [0.15, 0.2) is 5.16 Å². The smallest absolute Gasteiger partial charge is 0.316 e. The van der Waals surface area contributed by atoms with Gasteiger partial charge >= 0.3 is 5.97 Å². The van der Waals surface area contributed by atoms with E-state index in [2.05, 4.69) is 13.8 Å². The number of para-hydroxylation sites is 1. The first-order chi connectivity index (χ1) is 12.5. The molecule has 0 amide bonds. The van der Waals surface area contributed by atoms with E-state index >= 15 is 0 Å². The highest BCUT2D eigenvalue weighted by Crippen LogP contribution is 2.38. The van der Waals surface area contributed by atoms with Crippen LogP contribution in [0, 0.1) is 11.8 Å². The molecule has 26 heavy (non-hydrogen) atoms. The van der Waals surface area contributed by atoms with Gasteiger partial charge in [0.05, 0.1) is 23.3 Å². The van der Waals surface area contributed by atoms with Crippen LogP contribution in [0.25, 0.3) is 10.9 Å². The average Bonchev–Trinajstić information content (AvgIpc) is 2.63. The van der Waals surface area contributed by atoms with Gasteiger partial charge in [0.1, 0.15) is 0 Å². The SMILES string of the molecule is CCOC(=O)CSc1nc2ccccc2c(=O)n1[C@@H]1CCC[C@@H](C)[C@@H]1C. The van der Waals surface area contributed by atoms with Gasteiger partial charge in [0, 0.05) is 6.04 Å². The number of carbonyl (C=O) groups excluding carboxylic acids is 1. The van der Waals surface area contributed by atoms with Crippen LogP contribution in [-0.4, -0.2) is 27.9 Å². The van der Waals surface area contributed by atoms with Crippen molar-refractivity contribution < 1.29 is 9.53 Å². The van der Waals surface area contributed by atoms with E-state index in [-0.39, 0.29) is 23.3 Å². The Labute approximate surface area is 158 Å². The zero-order valence-corrected chi connectivity index (χ0v) is 16.4. The lowest BCUT2D eigenvalue weighted by atomic mass is 9.78. The molecule has 2 aromatic rings. The molecular weight excluding hydrogens is 348 g/mol. The minimum Gasteiger partial charge on any atom is -0.465 e. The summed E-state index contributed by atoms with van der Waals surface area (Å²) in [5.41, 5.74) is 0.671. The number of benzene rings is 1. The van der Waals surface area contributed by atoms with Gasteiger partial charge < -0.3 is 4.74 Å². The summed E-state index contributed by atoms with van der Waals surface area (Å²) in [4.78, 5) is 29.8. The number of rotatable bonds is 5. The van der Waals surface area contributed by atoms with E-state index in [9.17, 15) is 9.59 Å². The third-order valence-electron chi connectivity index (χ3n) is 5.40.